The Morgan fingerprint density at radius 1 is 1.25 bits per heavy atom. The van der Waals surface area contributed by atoms with Crippen LogP contribution in [0.4, 0.5) is 24.5 Å². The number of nitriles is 1. The first kappa shape index (κ1) is 26.0. The zero-order valence-electron chi connectivity index (χ0n) is 19.0. The Bertz CT molecular complexity index is 1440. The van der Waals surface area contributed by atoms with Gasteiger partial charge in [-0.15, -0.1) is 0 Å². The van der Waals surface area contributed by atoms with Gasteiger partial charge in [-0.3, -0.25) is 24.5 Å². The topological polar surface area (TPSA) is 131 Å². The second-order valence-corrected chi connectivity index (χ2v) is 7.62. The number of ether oxygens (including phenoxy) is 1. The summed E-state index contributed by atoms with van der Waals surface area (Å²) in [5.41, 5.74) is -3.01. The SMILES string of the molecule is COc1ccc(CCn2c(O)c(C=Nc3ccc([N+](=O)[O-])c(C(F)(F)F)c3)c(C)c(C#N)c2=O)cc1. The zero-order chi connectivity index (χ0) is 26.6. The van der Waals surface area contributed by atoms with Crippen molar-refractivity contribution in [3.05, 3.63) is 90.7 Å². The first-order chi connectivity index (χ1) is 17.0. The summed E-state index contributed by atoms with van der Waals surface area (Å²) in [6, 6.07) is 11.0. The molecular formula is C24H19F3N4O5. The number of rotatable bonds is 7. The van der Waals surface area contributed by atoms with E-state index in [2.05, 4.69) is 4.99 Å². The summed E-state index contributed by atoms with van der Waals surface area (Å²) in [4.78, 5) is 26.5. The van der Waals surface area contributed by atoms with Gasteiger partial charge in [0.15, 0.2) is 0 Å². The van der Waals surface area contributed by atoms with Gasteiger partial charge >= 0.3 is 6.18 Å². The molecule has 0 spiro atoms. The van der Waals surface area contributed by atoms with Gasteiger partial charge in [-0.2, -0.15) is 18.4 Å². The summed E-state index contributed by atoms with van der Waals surface area (Å²) < 4.78 is 45.9. The van der Waals surface area contributed by atoms with Crippen LogP contribution in [0.2, 0.25) is 0 Å². The quantitative estimate of drug-likeness (QED) is 0.285. The Hall–Kier alpha value is -4.66. The molecule has 1 N–H and O–H groups in total. The van der Waals surface area contributed by atoms with Crippen LogP contribution in [-0.4, -0.2) is 27.9 Å². The highest BCUT2D eigenvalue weighted by Gasteiger charge is 2.38. The van der Waals surface area contributed by atoms with Gasteiger partial charge in [-0.05, 0) is 48.7 Å². The van der Waals surface area contributed by atoms with Crippen LogP contribution in [0.1, 0.15) is 27.8 Å². The van der Waals surface area contributed by atoms with Gasteiger partial charge in [-0.25, -0.2) is 0 Å². The maximum Gasteiger partial charge on any atom is 0.423 e. The number of nitrogens with zero attached hydrogens (tertiary/aromatic N) is 4. The number of hydrogen-bond donors (Lipinski definition) is 1. The second-order valence-electron chi connectivity index (χ2n) is 7.62. The highest BCUT2D eigenvalue weighted by molar-refractivity contribution is 5.87. The third-order valence-electron chi connectivity index (χ3n) is 5.45. The van der Waals surface area contributed by atoms with E-state index in [1.807, 2.05) is 0 Å². The first-order valence-electron chi connectivity index (χ1n) is 10.4. The molecule has 0 saturated heterocycles. The molecule has 36 heavy (non-hydrogen) atoms. The molecule has 3 aromatic rings. The van der Waals surface area contributed by atoms with Crippen molar-refractivity contribution in [1.82, 2.24) is 4.57 Å². The Kier molecular flexibility index (Phi) is 7.43. The van der Waals surface area contributed by atoms with Gasteiger partial charge in [0, 0.05) is 18.8 Å². The number of methoxy groups -OCH3 is 1. The highest BCUT2D eigenvalue weighted by Crippen LogP contribution is 2.38. The molecular weight excluding hydrogens is 481 g/mol. The molecule has 0 unspecified atom stereocenters. The summed E-state index contributed by atoms with van der Waals surface area (Å²) in [5, 5.41) is 31.2. The Morgan fingerprint density at radius 3 is 2.47 bits per heavy atom. The standard InChI is InChI=1S/C24H19F3N4O5/c1-14-18(12-28)22(32)30(10-9-15-3-6-17(36-2)7-4-15)23(33)19(14)13-29-16-5-8-21(31(34)35)20(11-16)24(25,26)27/h3-8,11,13,33H,9-10H2,1-2H3. The minimum absolute atomic E-state index is 0.00253. The van der Waals surface area contributed by atoms with Crippen LogP contribution in [0.3, 0.4) is 0 Å². The van der Waals surface area contributed by atoms with Crippen LogP contribution in [0, 0.1) is 28.4 Å². The molecule has 186 valence electrons. The third kappa shape index (κ3) is 5.35. The molecule has 1 aromatic heterocycles. The van der Waals surface area contributed by atoms with Crippen molar-refractivity contribution in [3.8, 4) is 17.7 Å². The molecule has 0 amide bonds. The Balaban J connectivity index is 2.02. The van der Waals surface area contributed by atoms with Crippen molar-refractivity contribution in [2.24, 2.45) is 4.99 Å². The van der Waals surface area contributed by atoms with Crippen molar-refractivity contribution >= 4 is 17.6 Å². The summed E-state index contributed by atoms with van der Waals surface area (Å²) in [6.45, 7) is 1.40. The van der Waals surface area contributed by atoms with E-state index >= 15 is 0 Å². The number of aliphatic imine (C=N–C) groups is 1. The van der Waals surface area contributed by atoms with E-state index in [-0.39, 0.29) is 28.9 Å². The summed E-state index contributed by atoms with van der Waals surface area (Å²) in [5.74, 6) is 0.117. The molecule has 0 saturated carbocycles. The van der Waals surface area contributed by atoms with E-state index < -0.39 is 33.8 Å². The van der Waals surface area contributed by atoms with E-state index in [1.54, 1.807) is 30.3 Å². The molecule has 2 aromatic carbocycles. The number of alkyl halides is 3. The molecule has 0 aliphatic heterocycles. The van der Waals surface area contributed by atoms with Crippen LogP contribution in [-0.2, 0) is 19.1 Å². The maximum atomic E-state index is 13.3. The maximum absolute atomic E-state index is 13.3. The van der Waals surface area contributed by atoms with Gasteiger partial charge in [-0.1, -0.05) is 12.1 Å². The minimum Gasteiger partial charge on any atom is -0.497 e. The second kappa shape index (κ2) is 10.3. The molecule has 12 heteroatoms. The lowest BCUT2D eigenvalue weighted by Crippen LogP contribution is -2.26. The third-order valence-corrected chi connectivity index (χ3v) is 5.45. The van der Waals surface area contributed by atoms with E-state index in [9.17, 15) is 38.4 Å². The van der Waals surface area contributed by atoms with Gasteiger partial charge < -0.3 is 9.84 Å². The average molecular weight is 500 g/mol. The number of aromatic nitrogens is 1. The lowest BCUT2D eigenvalue weighted by Gasteiger charge is -2.14. The van der Waals surface area contributed by atoms with Crippen LogP contribution < -0.4 is 10.3 Å². The van der Waals surface area contributed by atoms with Gasteiger partial charge in [0.1, 0.15) is 22.9 Å². The van der Waals surface area contributed by atoms with Crippen LogP contribution >= 0.6 is 0 Å². The summed E-state index contributed by atoms with van der Waals surface area (Å²) in [7, 11) is 1.52. The monoisotopic (exact) mass is 500 g/mol. The Morgan fingerprint density at radius 2 is 1.92 bits per heavy atom. The van der Waals surface area contributed by atoms with Crippen LogP contribution in [0.25, 0.3) is 0 Å². The van der Waals surface area contributed by atoms with Gasteiger partial charge in [0.05, 0.1) is 23.3 Å². The number of nitro benzene ring substituents is 1. The van der Waals surface area contributed by atoms with Crippen molar-refractivity contribution in [2.45, 2.75) is 26.1 Å². The predicted octanol–water partition coefficient (Wildman–Crippen LogP) is 4.66. The lowest BCUT2D eigenvalue weighted by atomic mass is 10.1. The molecule has 1 heterocycles. The molecule has 0 radical (unpaired) electrons. The largest absolute Gasteiger partial charge is 0.497 e. The lowest BCUT2D eigenvalue weighted by molar-refractivity contribution is -0.388. The number of benzene rings is 2. The zero-order valence-corrected chi connectivity index (χ0v) is 19.0. The van der Waals surface area contributed by atoms with Crippen molar-refractivity contribution in [3.63, 3.8) is 0 Å². The smallest absolute Gasteiger partial charge is 0.423 e. The normalized spacial score (nSPS) is 11.4. The van der Waals surface area contributed by atoms with Crippen molar-refractivity contribution in [1.29, 1.82) is 5.26 Å². The van der Waals surface area contributed by atoms with Crippen LogP contribution in [0.15, 0.2) is 52.3 Å². The van der Waals surface area contributed by atoms with E-state index in [4.69, 9.17) is 4.74 Å². The minimum atomic E-state index is -4.99. The molecule has 0 aliphatic rings. The summed E-state index contributed by atoms with van der Waals surface area (Å²) >= 11 is 0. The van der Waals surface area contributed by atoms with E-state index in [1.165, 1.54) is 14.0 Å². The number of halogens is 3. The van der Waals surface area contributed by atoms with Gasteiger partial charge in [0.2, 0.25) is 5.88 Å². The number of aromatic hydroxyl groups is 1. The van der Waals surface area contributed by atoms with Crippen molar-refractivity contribution < 1.29 is 27.9 Å². The predicted molar refractivity (Wildman–Crippen MR) is 124 cm³/mol. The average Bonchev–Trinajstić information content (AvgIpc) is 2.83. The number of hydrogen-bond acceptors (Lipinski definition) is 7. The highest BCUT2D eigenvalue weighted by atomic mass is 19.4. The van der Waals surface area contributed by atoms with E-state index in [0.717, 1.165) is 22.4 Å². The molecule has 0 bridgehead atoms. The molecule has 0 fully saturated rings. The van der Waals surface area contributed by atoms with Crippen LogP contribution in [0.5, 0.6) is 11.6 Å². The number of nitro groups is 1. The molecule has 3 rings (SSSR count). The van der Waals surface area contributed by atoms with E-state index in [0.29, 0.717) is 24.3 Å². The molecule has 0 aliphatic carbocycles. The fraction of sp³-hybridized carbons (Fsp3) is 0.208. The molecule has 0 atom stereocenters. The fourth-order valence-corrected chi connectivity index (χ4v) is 3.50. The number of pyridine rings is 1. The molecule has 9 nitrogen and oxygen atoms in total. The Labute approximate surface area is 202 Å². The van der Waals surface area contributed by atoms with Crippen molar-refractivity contribution in [2.75, 3.05) is 7.11 Å². The number of aryl methyl sites for hydroxylation is 1. The first-order valence-corrected chi connectivity index (χ1v) is 10.4. The fourth-order valence-electron chi connectivity index (χ4n) is 3.50. The van der Waals surface area contributed by atoms with Gasteiger partial charge in [0.25, 0.3) is 11.2 Å². The summed E-state index contributed by atoms with van der Waals surface area (Å²) in [6.07, 6.45) is -3.66.